The van der Waals surface area contributed by atoms with Crippen molar-refractivity contribution in [2.45, 2.75) is 44.1 Å². The number of allylic oxidation sites excluding steroid dienone is 1. The molecule has 12 heteroatoms. The number of carbonyl (C=O) groups excluding carboxylic acids is 1. The number of halogens is 4. The van der Waals surface area contributed by atoms with E-state index in [9.17, 15) is 18.0 Å². The van der Waals surface area contributed by atoms with Crippen molar-refractivity contribution in [1.29, 1.82) is 0 Å². The molecule has 3 aromatic rings. The van der Waals surface area contributed by atoms with Gasteiger partial charge in [0, 0.05) is 23.1 Å². The second kappa shape index (κ2) is 8.56. The van der Waals surface area contributed by atoms with E-state index in [1.165, 1.54) is 11.3 Å². The topological polar surface area (TPSA) is 90.1 Å². The summed E-state index contributed by atoms with van der Waals surface area (Å²) in [5.41, 5.74) is 1.13. The van der Waals surface area contributed by atoms with Gasteiger partial charge >= 0.3 is 6.36 Å². The molecule has 0 spiro atoms. The van der Waals surface area contributed by atoms with Crippen LogP contribution in [0.15, 0.2) is 34.9 Å². The van der Waals surface area contributed by atoms with Crippen LogP contribution in [0, 0.1) is 0 Å². The molecule has 1 amide bonds. The first-order chi connectivity index (χ1) is 14.7. The predicted octanol–water partition coefficient (Wildman–Crippen LogP) is 4.99. The van der Waals surface area contributed by atoms with E-state index in [2.05, 4.69) is 31.8 Å². The van der Waals surface area contributed by atoms with Crippen molar-refractivity contribution >= 4 is 39.1 Å². The highest BCUT2D eigenvalue weighted by Gasteiger charge is 2.42. The zero-order chi connectivity index (χ0) is 22.2. The van der Waals surface area contributed by atoms with Gasteiger partial charge in [-0.15, -0.1) is 34.7 Å². The van der Waals surface area contributed by atoms with Crippen LogP contribution in [0.5, 0.6) is 0 Å². The number of rotatable bonds is 7. The van der Waals surface area contributed by atoms with Gasteiger partial charge in [-0.2, -0.15) is 0 Å². The number of amides is 1. The van der Waals surface area contributed by atoms with Crippen molar-refractivity contribution in [2.24, 2.45) is 0 Å². The van der Waals surface area contributed by atoms with E-state index >= 15 is 0 Å². The smallest absolute Gasteiger partial charge is 0.425 e. The van der Waals surface area contributed by atoms with E-state index < -0.39 is 12.5 Å². The third-order valence-corrected chi connectivity index (χ3v) is 5.95. The molecule has 0 bridgehead atoms. The maximum Gasteiger partial charge on any atom is 0.522 e. The molecule has 2 aromatic heterocycles. The van der Waals surface area contributed by atoms with Gasteiger partial charge in [-0.25, -0.2) is 4.98 Å². The van der Waals surface area contributed by atoms with Crippen molar-refractivity contribution < 1.29 is 27.1 Å². The average Bonchev–Trinajstić information content (AvgIpc) is 3.28. The van der Waals surface area contributed by atoms with Crippen LogP contribution >= 0.6 is 22.9 Å². The van der Waals surface area contributed by atoms with Gasteiger partial charge in [0.25, 0.3) is 5.91 Å². The van der Waals surface area contributed by atoms with E-state index in [1.807, 2.05) is 0 Å². The predicted molar refractivity (Wildman–Crippen MR) is 107 cm³/mol. The average molecular weight is 473 g/mol. The summed E-state index contributed by atoms with van der Waals surface area (Å²) < 4.78 is 46.8. The Labute approximate surface area is 183 Å². The molecule has 0 saturated heterocycles. The minimum atomic E-state index is -4.64. The Morgan fingerprint density at radius 1 is 1.35 bits per heavy atom. The van der Waals surface area contributed by atoms with Crippen molar-refractivity contribution in [3.63, 3.8) is 0 Å². The fourth-order valence-electron chi connectivity index (χ4n) is 3.11. The Balaban J connectivity index is 1.25. The minimum Gasteiger partial charge on any atom is -0.425 e. The molecule has 1 saturated carbocycles. The van der Waals surface area contributed by atoms with Gasteiger partial charge in [-0.3, -0.25) is 9.53 Å². The number of aryl methyl sites for hydroxylation is 1. The summed E-state index contributed by atoms with van der Waals surface area (Å²) >= 11 is 7.18. The highest BCUT2D eigenvalue weighted by molar-refractivity contribution is 7.20. The maximum absolute atomic E-state index is 12.4. The minimum absolute atomic E-state index is 0.178. The first-order valence-corrected chi connectivity index (χ1v) is 10.5. The lowest BCUT2D eigenvalue weighted by atomic mass is 9.82. The fourth-order valence-corrected chi connectivity index (χ4v) is 4.25. The number of thiazole rings is 1. The molecule has 0 aliphatic heterocycles. The normalized spacial score (nSPS) is 18.7. The maximum atomic E-state index is 12.4. The number of hydrogen-bond donors (Lipinski definition) is 1. The third kappa shape index (κ3) is 5.41. The lowest BCUT2D eigenvalue weighted by Gasteiger charge is -2.32. The number of hydrogen-bond acceptors (Lipinski definition) is 7. The molecule has 0 radical (unpaired) electrons. The summed E-state index contributed by atoms with van der Waals surface area (Å²) in [5, 5.41) is 11.4. The number of alkyl halides is 3. The van der Waals surface area contributed by atoms with Crippen molar-refractivity contribution in [2.75, 3.05) is 0 Å². The summed E-state index contributed by atoms with van der Waals surface area (Å²) in [6.45, 7) is 3.83. The van der Waals surface area contributed by atoms with Gasteiger partial charge in [0.15, 0.2) is 5.01 Å². The lowest BCUT2D eigenvalue weighted by Crippen LogP contribution is -2.34. The molecule has 164 valence electrons. The summed E-state index contributed by atoms with van der Waals surface area (Å²) in [6.07, 6.45) is -4.48. The van der Waals surface area contributed by atoms with Crippen LogP contribution in [0.1, 0.15) is 46.8 Å². The van der Waals surface area contributed by atoms with Gasteiger partial charge in [0.2, 0.25) is 11.8 Å². The van der Waals surface area contributed by atoms with Crippen molar-refractivity contribution in [3.8, 4) is 0 Å². The molecule has 1 N–H and O–H groups in total. The molecule has 1 aliphatic carbocycles. The van der Waals surface area contributed by atoms with Crippen LogP contribution in [0.3, 0.4) is 0 Å². The SMILES string of the molecule is C=C(CCc1nnc(C2CC(OC(F)(F)F)C2)o1)NC(=O)c1nc2ccc(Cl)cc2s1. The Morgan fingerprint density at radius 3 is 2.87 bits per heavy atom. The van der Waals surface area contributed by atoms with Crippen molar-refractivity contribution in [3.05, 3.63) is 52.3 Å². The summed E-state index contributed by atoms with van der Waals surface area (Å²) in [7, 11) is 0. The quantitative estimate of drug-likeness (QED) is 0.521. The van der Waals surface area contributed by atoms with Crippen LogP contribution in [-0.4, -0.2) is 33.6 Å². The first-order valence-electron chi connectivity index (χ1n) is 9.28. The number of aromatic nitrogens is 3. The molecule has 0 atom stereocenters. The zero-order valence-corrected chi connectivity index (χ0v) is 17.5. The molecule has 1 fully saturated rings. The van der Waals surface area contributed by atoms with E-state index in [0.29, 0.717) is 45.9 Å². The van der Waals surface area contributed by atoms with Gasteiger partial charge in [-0.05, 0) is 37.5 Å². The van der Waals surface area contributed by atoms with Gasteiger partial charge < -0.3 is 9.73 Å². The standard InChI is InChI=1S/C19H16ClF3N4O3S/c1-9(24-16(28)18-25-13-4-3-11(20)8-14(13)31-18)2-5-15-26-27-17(29-15)10-6-12(7-10)30-19(21,22)23/h3-4,8,10,12H,1-2,5-7H2,(H,24,28). The Kier molecular flexibility index (Phi) is 6.00. The van der Waals surface area contributed by atoms with E-state index in [1.54, 1.807) is 18.2 Å². The zero-order valence-electron chi connectivity index (χ0n) is 15.9. The molecule has 0 unspecified atom stereocenters. The van der Waals surface area contributed by atoms with Gasteiger partial charge in [-0.1, -0.05) is 18.2 Å². The molecule has 1 aliphatic rings. The number of ether oxygens (including phenoxy) is 1. The lowest BCUT2D eigenvalue weighted by molar-refractivity contribution is -0.352. The largest absolute Gasteiger partial charge is 0.522 e. The van der Waals surface area contributed by atoms with Crippen LogP contribution in [-0.2, 0) is 11.2 Å². The second-order valence-electron chi connectivity index (χ2n) is 7.08. The number of nitrogens with zero attached hydrogens (tertiary/aromatic N) is 3. The van der Waals surface area contributed by atoms with Crippen LogP contribution in [0.2, 0.25) is 5.02 Å². The van der Waals surface area contributed by atoms with E-state index in [-0.39, 0.29) is 24.7 Å². The molecule has 4 rings (SSSR count). The number of nitrogens with one attached hydrogen (secondary N) is 1. The highest BCUT2D eigenvalue weighted by Crippen LogP contribution is 2.40. The molecule has 7 nitrogen and oxygen atoms in total. The highest BCUT2D eigenvalue weighted by atomic mass is 35.5. The summed E-state index contributed by atoms with van der Waals surface area (Å²) in [6, 6.07) is 5.19. The molecule has 2 heterocycles. The number of carbonyl (C=O) groups is 1. The molecule has 31 heavy (non-hydrogen) atoms. The number of fused-ring (bicyclic) bond motifs is 1. The fraction of sp³-hybridized carbons (Fsp3) is 0.368. The van der Waals surface area contributed by atoms with Gasteiger partial charge in [0.1, 0.15) is 0 Å². The van der Waals surface area contributed by atoms with Crippen LogP contribution in [0.4, 0.5) is 13.2 Å². The van der Waals surface area contributed by atoms with Crippen molar-refractivity contribution in [1.82, 2.24) is 20.5 Å². The Bertz CT molecular complexity index is 1120. The van der Waals surface area contributed by atoms with Gasteiger partial charge in [0.05, 0.1) is 16.3 Å². The Hall–Kier alpha value is -2.50. The first kappa shape index (κ1) is 21.7. The molecular weight excluding hydrogens is 457 g/mol. The Morgan fingerprint density at radius 2 is 2.13 bits per heavy atom. The summed E-state index contributed by atoms with van der Waals surface area (Å²) in [5.74, 6) is -0.0113. The van der Waals surface area contributed by atoms with E-state index in [0.717, 1.165) is 4.70 Å². The summed E-state index contributed by atoms with van der Waals surface area (Å²) in [4.78, 5) is 16.7. The van der Waals surface area contributed by atoms with Crippen LogP contribution < -0.4 is 5.32 Å². The monoisotopic (exact) mass is 472 g/mol. The second-order valence-corrected chi connectivity index (χ2v) is 8.54. The van der Waals surface area contributed by atoms with Crippen LogP contribution in [0.25, 0.3) is 10.2 Å². The molecular formula is C19H16ClF3N4O3S. The number of benzene rings is 1. The van der Waals surface area contributed by atoms with E-state index in [4.69, 9.17) is 16.0 Å². The third-order valence-electron chi connectivity index (χ3n) is 4.70. The molecule has 1 aromatic carbocycles.